The summed E-state index contributed by atoms with van der Waals surface area (Å²) in [6.07, 6.45) is 0. The van der Waals surface area contributed by atoms with Gasteiger partial charge < -0.3 is 9.84 Å². The van der Waals surface area contributed by atoms with E-state index in [1.807, 2.05) is 0 Å². The van der Waals surface area contributed by atoms with Crippen molar-refractivity contribution in [2.45, 2.75) is 6.92 Å². The Labute approximate surface area is 70.6 Å². The third-order valence-electron chi connectivity index (χ3n) is 1.35. The van der Waals surface area contributed by atoms with E-state index in [0.29, 0.717) is 0 Å². The summed E-state index contributed by atoms with van der Waals surface area (Å²) in [6.45, 7) is 2.87. The van der Waals surface area contributed by atoms with Crippen LogP contribution in [0.15, 0.2) is 24.3 Å². The number of carbonyl (C=O) groups excluding carboxylic acids is 1. The molecule has 0 bridgehead atoms. The third-order valence-corrected chi connectivity index (χ3v) is 1.35. The summed E-state index contributed by atoms with van der Waals surface area (Å²) in [5.74, 6) is -0.611. The molecule has 0 aromatic heterocycles. The van der Waals surface area contributed by atoms with Crippen LogP contribution in [0.4, 0.5) is 0 Å². The molecule has 0 atom stereocenters. The van der Waals surface area contributed by atoms with E-state index in [0.717, 1.165) is 0 Å². The van der Waals surface area contributed by atoms with Crippen molar-refractivity contribution in [3.8, 4) is 5.75 Å². The summed E-state index contributed by atoms with van der Waals surface area (Å²) in [4.78, 5) is 11.1. The fourth-order valence-corrected chi connectivity index (χ4v) is 0.817. The zero-order valence-electron chi connectivity index (χ0n) is 6.65. The number of rotatable bonds is 2. The predicted molar refractivity (Wildman–Crippen MR) is 43.5 cm³/mol. The average Bonchev–Trinajstić information content (AvgIpc) is 2.05. The third kappa shape index (κ3) is 1.75. The molecule has 1 aromatic rings. The Hall–Kier alpha value is -1.51. The van der Waals surface area contributed by atoms with E-state index in [-0.39, 0.29) is 11.3 Å². The Bertz CT molecular complexity index is 281. The quantitative estimate of drug-likeness (QED) is 0.679. The van der Waals surface area contributed by atoms with E-state index in [1.54, 1.807) is 19.1 Å². The van der Waals surface area contributed by atoms with Crippen LogP contribution < -0.4 is 0 Å². The molecule has 3 heteroatoms. The first-order valence-corrected chi connectivity index (χ1v) is 3.52. The summed E-state index contributed by atoms with van der Waals surface area (Å²) in [5, 5.41) is 9.19. The highest BCUT2D eigenvalue weighted by Gasteiger charge is 2.09. The lowest BCUT2D eigenvalue weighted by Gasteiger charge is -2.01. The SMILES string of the molecule is C[CH]OC(=O)c1ccccc1O. The van der Waals surface area contributed by atoms with Gasteiger partial charge in [-0.05, 0) is 19.1 Å². The van der Waals surface area contributed by atoms with E-state index in [9.17, 15) is 9.90 Å². The van der Waals surface area contributed by atoms with Gasteiger partial charge in [-0.1, -0.05) is 12.1 Å². The van der Waals surface area contributed by atoms with Gasteiger partial charge in [-0.3, -0.25) is 0 Å². The Morgan fingerprint density at radius 3 is 2.75 bits per heavy atom. The molecule has 0 saturated carbocycles. The van der Waals surface area contributed by atoms with E-state index in [2.05, 4.69) is 4.74 Å². The summed E-state index contributed by atoms with van der Waals surface area (Å²) in [5.41, 5.74) is 0.176. The second-order valence-corrected chi connectivity index (χ2v) is 2.16. The van der Waals surface area contributed by atoms with Crippen molar-refractivity contribution >= 4 is 5.97 Å². The first kappa shape index (κ1) is 8.59. The van der Waals surface area contributed by atoms with Crippen molar-refractivity contribution in [3.05, 3.63) is 36.4 Å². The number of esters is 1. The maximum Gasteiger partial charge on any atom is 0.342 e. The zero-order chi connectivity index (χ0) is 8.97. The van der Waals surface area contributed by atoms with E-state index in [1.165, 1.54) is 18.7 Å². The van der Waals surface area contributed by atoms with Crippen molar-refractivity contribution in [2.75, 3.05) is 0 Å². The summed E-state index contributed by atoms with van der Waals surface area (Å²) < 4.78 is 4.58. The van der Waals surface area contributed by atoms with Gasteiger partial charge in [-0.2, -0.15) is 0 Å². The van der Waals surface area contributed by atoms with Crippen LogP contribution in [0, 0.1) is 6.61 Å². The second kappa shape index (κ2) is 3.76. The van der Waals surface area contributed by atoms with Crippen LogP contribution in [0.5, 0.6) is 5.75 Å². The van der Waals surface area contributed by atoms with Gasteiger partial charge in [-0.15, -0.1) is 0 Å². The Kier molecular flexibility index (Phi) is 2.69. The normalized spacial score (nSPS) is 9.42. The highest BCUT2D eigenvalue weighted by Crippen LogP contribution is 2.16. The van der Waals surface area contributed by atoms with Crippen LogP contribution in [0.2, 0.25) is 0 Å². The lowest BCUT2D eigenvalue weighted by Crippen LogP contribution is -2.01. The monoisotopic (exact) mass is 165 g/mol. The second-order valence-electron chi connectivity index (χ2n) is 2.16. The number of para-hydroxylation sites is 1. The number of benzene rings is 1. The molecule has 1 rings (SSSR count). The fourth-order valence-electron chi connectivity index (χ4n) is 0.817. The molecular weight excluding hydrogens is 156 g/mol. The Morgan fingerprint density at radius 1 is 1.50 bits per heavy atom. The lowest BCUT2D eigenvalue weighted by atomic mass is 10.2. The predicted octanol–water partition coefficient (Wildman–Crippen LogP) is 1.73. The first-order valence-electron chi connectivity index (χ1n) is 3.52. The molecule has 0 aliphatic heterocycles. The number of phenolic OH excluding ortho intramolecular Hbond substituents is 1. The molecule has 1 aromatic carbocycles. The summed E-state index contributed by atoms with van der Waals surface area (Å²) >= 11 is 0. The smallest absolute Gasteiger partial charge is 0.342 e. The summed E-state index contributed by atoms with van der Waals surface area (Å²) in [6, 6.07) is 6.24. The van der Waals surface area contributed by atoms with E-state index in [4.69, 9.17) is 0 Å². The van der Waals surface area contributed by atoms with Crippen molar-refractivity contribution in [1.29, 1.82) is 0 Å². The average molecular weight is 165 g/mol. The Balaban J connectivity index is 2.87. The van der Waals surface area contributed by atoms with Crippen LogP contribution >= 0.6 is 0 Å². The molecule has 0 aliphatic rings. The van der Waals surface area contributed by atoms with Crippen LogP contribution in [-0.4, -0.2) is 11.1 Å². The fraction of sp³-hybridized carbons (Fsp3) is 0.111. The van der Waals surface area contributed by atoms with Gasteiger partial charge in [0.2, 0.25) is 0 Å². The minimum atomic E-state index is -0.546. The number of hydrogen-bond donors (Lipinski definition) is 1. The molecule has 3 nitrogen and oxygen atoms in total. The lowest BCUT2D eigenvalue weighted by molar-refractivity contribution is 0.0609. The molecule has 0 fully saturated rings. The van der Waals surface area contributed by atoms with Gasteiger partial charge in [-0.25, -0.2) is 4.79 Å². The number of ether oxygens (including phenoxy) is 1. The molecule has 0 spiro atoms. The highest BCUT2D eigenvalue weighted by molar-refractivity contribution is 5.92. The molecule has 1 N–H and O–H groups in total. The Morgan fingerprint density at radius 2 is 2.17 bits per heavy atom. The molecule has 0 saturated heterocycles. The molecule has 12 heavy (non-hydrogen) atoms. The highest BCUT2D eigenvalue weighted by atomic mass is 16.5. The number of carbonyl (C=O) groups is 1. The van der Waals surface area contributed by atoms with E-state index < -0.39 is 5.97 Å². The van der Waals surface area contributed by atoms with Crippen LogP contribution in [-0.2, 0) is 4.74 Å². The van der Waals surface area contributed by atoms with Crippen molar-refractivity contribution in [1.82, 2.24) is 0 Å². The topological polar surface area (TPSA) is 46.5 Å². The largest absolute Gasteiger partial charge is 0.507 e. The number of phenols is 1. The molecular formula is C9H9O3. The van der Waals surface area contributed by atoms with Gasteiger partial charge >= 0.3 is 5.97 Å². The van der Waals surface area contributed by atoms with Crippen molar-refractivity contribution in [2.24, 2.45) is 0 Å². The number of hydrogen-bond acceptors (Lipinski definition) is 3. The maximum absolute atomic E-state index is 11.1. The van der Waals surface area contributed by atoms with Crippen molar-refractivity contribution in [3.63, 3.8) is 0 Å². The van der Waals surface area contributed by atoms with Gasteiger partial charge in [0.1, 0.15) is 17.9 Å². The van der Waals surface area contributed by atoms with Gasteiger partial charge in [0.05, 0.1) is 0 Å². The molecule has 0 unspecified atom stereocenters. The van der Waals surface area contributed by atoms with E-state index >= 15 is 0 Å². The first-order chi connectivity index (χ1) is 5.75. The maximum atomic E-state index is 11.1. The van der Waals surface area contributed by atoms with Gasteiger partial charge in [0.15, 0.2) is 0 Å². The molecule has 0 amide bonds. The molecule has 0 aliphatic carbocycles. The molecule has 1 radical (unpaired) electrons. The standard InChI is InChI=1S/C9H9O3/c1-2-12-9(11)7-5-3-4-6-8(7)10/h2-6,10H,1H3. The van der Waals surface area contributed by atoms with Gasteiger partial charge in [0.25, 0.3) is 0 Å². The summed E-state index contributed by atoms with van der Waals surface area (Å²) in [7, 11) is 0. The number of aromatic hydroxyl groups is 1. The minimum Gasteiger partial charge on any atom is -0.507 e. The van der Waals surface area contributed by atoms with Crippen LogP contribution in [0.3, 0.4) is 0 Å². The van der Waals surface area contributed by atoms with Crippen LogP contribution in [0.1, 0.15) is 17.3 Å². The zero-order valence-corrected chi connectivity index (χ0v) is 6.65. The molecule has 63 valence electrons. The molecule has 0 heterocycles. The van der Waals surface area contributed by atoms with Gasteiger partial charge in [0, 0.05) is 0 Å². The van der Waals surface area contributed by atoms with Crippen molar-refractivity contribution < 1.29 is 14.6 Å². The van der Waals surface area contributed by atoms with Crippen LogP contribution in [0.25, 0.3) is 0 Å². The minimum absolute atomic E-state index is 0.0654.